The number of rotatable bonds is 30. The van der Waals surface area contributed by atoms with Gasteiger partial charge in [0, 0.05) is 83.0 Å². The maximum absolute atomic E-state index is 14.0. The molecular formula is C62H86N12O12S2. The molecule has 3 atom stereocenters. The zero-order valence-electron chi connectivity index (χ0n) is 51.6. The van der Waals surface area contributed by atoms with Gasteiger partial charge in [-0.1, -0.05) is 57.2 Å². The number of anilines is 5. The van der Waals surface area contributed by atoms with Crippen LogP contribution in [0.1, 0.15) is 78.0 Å². The van der Waals surface area contributed by atoms with Gasteiger partial charge in [0.15, 0.2) is 9.84 Å². The van der Waals surface area contributed by atoms with Gasteiger partial charge in [-0.15, -0.1) is 11.3 Å². The number of aryl methyl sites for hydroxylation is 1. The highest BCUT2D eigenvalue weighted by molar-refractivity contribution is 7.92. The quantitative estimate of drug-likeness (QED) is 0.0342. The number of carbonyl (C=O) groups excluding carboxylic acids is 4. The summed E-state index contributed by atoms with van der Waals surface area (Å²) in [6, 6.07) is 19.1. The lowest BCUT2D eigenvalue weighted by atomic mass is 9.85. The number of thiazole rings is 1. The normalized spacial score (nSPS) is 17.3. The number of aliphatic hydroxyl groups is 1. The van der Waals surface area contributed by atoms with Gasteiger partial charge in [-0.05, 0) is 74.4 Å². The number of β-amino-alcohol motifs (C(OH)–C–C–N with tert-alkyl or cyclic N) is 1. The Hall–Kier alpha value is -6.91. The number of hydrogen-bond acceptors (Lipinski definition) is 21. The first-order valence-electron chi connectivity index (χ1n) is 30.2. The van der Waals surface area contributed by atoms with Crippen LogP contribution in [0.15, 0.2) is 83.5 Å². The largest absolute Gasteiger partial charge is 0.494 e. The second-order valence-electron chi connectivity index (χ2n) is 23.4. The van der Waals surface area contributed by atoms with Crippen molar-refractivity contribution in [3.05, 3.63) is 89.8 Å². The fraction of sp³-hybridized carbons (Fsp3) is 0.548. The van der Waals surface area contributed by atoms with Crippen LogP contribution in [0.3, 0.4) is 0 Å². The summed E-state index contributed by atoms with van der Waals surface area (Å²) in [5.74, 6) is -0.0210. The Bertz CT molecular complexity index is 3200. The molecule has 5 heterocycles. The summed E-state index contributed by atoms with van der Waals surface area (Å²) in [7, 11) is -1.94. The highest BCUT2D eigenvalue weighted by atomic mass is 32.2. The van der Waals surface area contributed by atoms with Gasteiger partial charge in [0.2, 0.25) is 35.5 Å². The van der Waals surface area contributed by atoms with Crippen LogP contribution in [0.2, 0.25) is 0 Å². The van der Waals surface area contributed by atoms with E-state index in [0.717, 1.165) is 66.4 Å². The Morgan fingerprint density at radius 3 is 2.01 bits per heavy atom. The maximum atomic E-state index is 14.0. The molecule has 478 valence electrons. The number of carbonyl (C=O) groups is 4. The zero-order valence-corrected chi connectivity index (χ0v) is 53.2. The molecule has 4 amide bonds. The topological polar surface area (TPSA) is 281 Å². The number of benzene rings is 3. The molecule has 88 heavy (non-hydrogen) atoms. The van der Waals surface area contributed by atoms with E-state index in [1.165, 1.54) is 11.2 Å². The molecule has 3 aliphatic rings. The second-order valence-corrected chi connectivity index (χ2v) is 26.7. The Morgan fingerprint density at radius 2 is 1.40 bits per heavy atom. The van der Waals surface area contributed by atoms with Crippen LogP contribution < -0.4 is 30.9 Å². The van der Waals surface area contributed by atoms with Gasteiger partial charge in [0.1, 0.15) is 24.2 Å². The molecule has 0 aliphatic carbocycles. The smallest absolute Gasteiger partial charge is 0.246 e. The molecule has 3 aromatic carbocycles. The Kier molecular flexibility index (Phi) is 24.4. The number of piperazine rings is 1. The highest BCUT2D eigenvalue weighted by Crippen LogP contribution is 2.35. The lowest BCUT2D eigenvalue weighted by Gasteiger charge is -2.43. The number of sulfone groups is 1. The summed E-state index contributed by atoms with van der Waals surface area (Å²) in [4.78, 5) is 80.3. The van der Waals surface area contributed by atoms with Crippen LogP contribution in [0.4, 0.5) is 29.0 Å². The number of methoxy groups -OCH3 is 1. The molecule has 2 aromatic heterocycles. The van der Waals surface area contributed by atoms with E-state index in [0.29, 0.717) is 82.3 Å². The van der Waals surface area contributed by atoms with E-state index in [1.54, 1.807) is 56.6 Å². The van der Waals surface area contributed by atoms with E-state index < -0.39 is 44.6 Å². The van der Waals surface area contributed by atoms with Gasteiger partial charge in [0.25, 0.3) is 0 Å². The number of piperidine rings is 1. The fourth-order valence-corrected chi connectivity index (χ4v) is 12.8. The average molecular weight is 1260 g/mol. The molecule has 24 nitrogen and oxygen atoms in total. The van der Waals surface area contributed by atoms with E-state index in [1.807, 2.05) is 80.6 Å². The van der Waals surface area contributed by atoms with Crippen molar-refractivity contribution >= 4 is 73.8 Å². The van der Waals surface area contributed by atoms with Crippen LogP contribution in [0.5, 0.6) is 5.75 Å². The first-order chi connectivity index (χ1) is 42.3. The number of nitrogens with zero attached hydrogens (tertiary/aromatic N) is 8. The molecule has 3 aliphatic heterocycles. The third-order valence-corrected chi connectivity index (χ3v) is 19.0. The van der Waals surface area contributed by atoms with Crippen LogP contribution in [0.25, 0.3) is 10.4 Å². The van der Waals surface area contributed by atoms with Gasteiger partial charge in [-0.25, -0.2) is 23.4 Å². The fourth-order valence-electron chi connectivity index (χ4n) is 10.8. The molecule has 0 radical (unpaired) electrons. The first kappa shape index (κ1) is 67.0. The van der Waals surface area contributed by atoms with Crippen molar-refractivity contribution in [3.8, 4) is 16.2 Å². The molecule has 26 heteroatoms. The van der Waals surface area contributed by atoms with E-state index in [4.69, 9.17) is 23.7 Å². The second kappa shape index (κ2) is 32.0. The number of nitrogens with one attached hydrogen (secondary N) is 4. The molecule has 0 unspecified atom stereocenters. The van der Waals surface area contributed by atoms with Crippen LogP contribution in [0, 0.1) is 12.3 Å². The van der Waals surface area contributed by atoms with Gasteiger partial charge in [-0.2, -0.15) is 4.98 Å². The third kappa shape index (κ3) is 18.6. The lowest BCUT2D eigenvalue weighted by molar-refractivity contribution is -0.144. The van der Waals surface area contributed by atoms with Crippen molar-refractivity contribution in [1.29, 1.82) is 0 Å². The lowest BCUT2D eigenvalue weighted by Crippen LogP contribution is -2.57. The van der Waals surface area contributed by atoms with E-state index in [-0.39, 0.29) is 73.7 Å². The van der Waals surface area contributed by atoms with E-state index in [9.17, 15) is 32.7 Å². The minimum atomic E-state index is -3.55. The predicted octanol–water partition coefficient (Wildman–Crippen LogP) is 5.75. The number of hydrogen-bond donors (Lipinski definition) is 5. The summed E-state index contributed by atoms with van der Waals surface area (Å²) >= 11 is 1.57. The number of likely N-dealkylation sites (tertiary alicyclic amines) is 1. The summed E-state index contributed by atoms with van der Waals surface area (Å²) in [5.41, 5.74) is 6.10. The van der Waals surface area contributed by atoms with Crippen LogP contribution in [-0.2, 0) is 54.5 Å². The Labute approximate surface area is 520 Å². The van der Waals surface area contributed by atoms with Gasteiger partial charge >= 0.3 is 0 Å². The minimum Gasteiger partial charge on any atom is -0.494 e. The molecule has 0 bridgehead atoms. The SMILES string of the molecule is COc1cc(N2CCC(N3CCN(C(=O)CCOCCOCCOCCOCCC(=O)N[C@H](C(=O)N4C[C@H](O)C[C@H]4C(=O)NCc4ccc(-c5scnc5C)cc4)C(C)(C)C)CC3)CC2)ccc1Nc1ncnc(Nc2ccccc2S(=O)(=O)C(C)C)n1. The van der Waals surface area contributed by atoms with Crippen molar-refractivity contribution in [2.75, 3.05) is 121 Å². The molecular weight excluding hydrogens is 1170 g/mol. The van der Waals surface area contributed by atoms with Crippen molar-refractivity contribution < 1.29 is 56.4 Å². The molecule has 3 saturated heterocycles. The molecule has 3 fully saturated rings. The van der Waals surface area contributed by atoms with Crippen LogP contribution >= 0.6 is 11.3 Å². The molecule has 0 saturated carbocycles. The summed E-state index contributed by atoms with van der Waals surface area (Å²) in [6.07, 6.45) is 2.89. The number of ether oxygens (including phenoxy) is 5. The van der Waals surface area contributed by atoms with Crippen LogP contribution in [-0.4, -0.2) is 207 Å². The predicted molar refractivity (Wildman–Crippen MR) is 336 cm³/mol. The minimum absolute atomic E-state index is 0.0134. The van der Waals surface area contributed by atoms with Crippen molar-refractivity contribution in [2.24, 2.45) is 5.41 Å². The highest BCUT2D eigenvalue weighted by Gasteiger charge is 2.44. The number of aromatic nitrogens is 4. The monoisotopic (exact) mass is 1250 g/mol. The molecule has 0 spiro atoms. The third-order valence-electron chi connectivity index (χ3n) is 15.8. The molecule has 5 N–H and O–H groups in total. The molecule has 5 aromatic rings. The summed E-state index contributed by atoms with van der Waals surface area (Å²) in [5, 5.41) is 22.0. The average Bonchev–Trinajstić information content (AvgIpc) is 2.86. The maximum Gasteiger partial charge on any atom is 0.246 e. The standard InChI is InChI=1S/C62H86N12O12S2/c1-42(2)88(80,81)53-11-9-8-10-50(53)68-61-65-40-64-60(70-61)67-49-17-16-47(36-52(49)82-7)71-22-18-46(19-23-71)72-24-26-73(27-25-72)55(77)21-29-84-31-33-86-35-34-85-32-30-83-28-20-54(76)69-57(62(4,5)6)59(79)74-39-48(75)37-51(74)58(78)63-38-44-12-14-45(15-13-44)56-43(3)66-41-87-56/h8-17,36,40-42,46,48,51,57,75H,18-35,37-39H2,1-7H3,(H,63,78)(H,69,76)(H2,64,65,67,68,70)/t48-,51+,57-/m1/s1. The van der Waals surface area contributed by atoms with E-state index in [2.05, 4.69) is 51.0 Å². The summed E-state index contributed by atoms with van der Waals surface area (Å²) < 4.78 is 54.4. The van der Waals surface area contributed by atoms with Crippen molar-refractivity contribution in [3.63, 3.8) is 0 Å². The Morgan fingerprint density at radius 1 is 0.773 bits per heavy atom. The number of amides is 4. The molecule has 8 rings (SSSR count). The van der Waals surface area contributed by atoms with Crippen molar-refractivity contribution in [2.45, 2.75) is 115 Å². The number of para-hydroxylation sites is 1. The Balaban J connectivity index is 0.635. The van der Waals surface area contributed by atoms with Gasteiger partial charge in [-0.3, -0.25) is 24.1 Å². The summed E-state index contributed by atoms with van der Waals surface area (Å²) in [6.45, 7) is 18.2. The van der Waals surface area contributed by atoms with Gasteiger partial charge < -0.3 is 64.8 Å². The van der Waals surface area contributed by atoms with Gasteiger partial charge in [0.05, 0.1) is 110 Å². The van der Waals surface area contributed by atoms with Crippen molar-refractivity contribution in [1.82, 2.24) is 45.3 Å². The van der Waals surface area contributed by atoms with E-state index >= 15 is 0 Å². The number of aliphatic hydroxyl groups excluding tert-OH is 1. The zero-order chi connectivity index (χ0) is 62.8. The first-order valence-corrected chi connectivity index (χ1v) is 32.6.